The Hall–Kier alpha value is -1.30. The van der Waals surface area contributed by atoms with Gasteiger partial charge >= 0.3 is 0 Å². The number of fused-ring (bicyclic) bond motifs is 5. The highest BCUT2D eigenvalue weighted by Crippen LogP contribution is 2.42. The molecule has 6 heteroatoms. The van der Waals surface area contributed by atoms with Gasteiger partial charge in [-0.25, -0.2) is 15.0 Å². The normalized spacial score (nSPS) is 16.9. The maximum atomic E-state index is 6.30. The molecule has 4 rings (SSSR count). The average molecular weight is 362 g/mol. The summed E-state index contributed by atoms with van der Waals surface area (Å²) in [6.45, 7) is 9.34. The first-order chi connectivity index (χ1) is 11.4. The zero-order chi connectivity index (χ0) is 17.1. The van der Waals surface area contributed by atoms with Gasteiger partial charge in [-0.2, -0.15) is 0 Å². The van der Waals surface area contributed by atoms with Gasteiger partial charge in [0.2, 0.25) is 0 Å². The molecule has 4 nitrogen and oxygen atoms in total. The van der Waals surface area contributed by atoms with E-state index in [0.29, 0.717) is 17.7 Å². The lowest BCUT2D eigenvalue weighted by molar-refractivity contribution is -0.0402. The van der Waals surface area contributed by atoms with E-state index in [2.05, 4.69) is 37.7 Å². The van der Waals surface area contributed by atoms with Crippen LogP contribution in [0, 0.1) is 5.92 Å². The summed E-state index contributed by atoms with van der Waals surface area (Å²) < 4.78 is 7.01. The van der Waals surface area contributed by atoms with E-state index in [1.165, 1.54) is 17.5 Å². The molecular weight excluding hydrogens is 342 g/mol. The van der Waals surface area contributed by atoms with E-state index in [1.807, 2.05) is 0 Å². The summed E-state index contributed by atoms with van der Waals surface area (Å²) in [6, 6.07) is 0. The molecule has 0 fully saturated rings. The van der Waals surface area contributed by atoms with Crippen molar-refractivity contribution < 1.29 is 4.74 Å². The maximum absolute atomic E-state index is 6.30. The molecule has 0 N–H and O–H groups in total. The molecule has 24 heavy (non-hydrogen) atoms. The Bertz CT molecular complexity index is 948. The van der Waals surface area contributed by atoms with Crippen LogP contribution in [0.15, 0.2) is 6.33 Å². The summed E-state index contributed by atoms with van der Waals surface area (Å²) in [4.78, 5) is 14.6. The van der Waals surface area contributed by atoms with Gasteiger partial charge in [-0.1, -0.05) is 25.4 Å². The van der Waals surface area contributed by atoms with E-state index >= 15 is 0 Å². The van der Waals surface area contributed by atoms with Crippen LogP contribution in [-0.2, 0) is 24.2 Å². The van der Waals surface area contributed by atoms with E-state index in [1.54, 1.807) is 11.3 Å². The molecule has 0 aliphatic carbocycles. The molecule has 1 aliphatic rings. The summed E-state index contributed by atoms with van der Waals surface area (Å²) in [6.07, 6.45) is 3.35. The Kier molecular flexibility index (Phi) is 3.79. The fraction of sp³-hybridized carbons (Fsp3) is 0.500. The minimum Gasteiger partial charge on any atom is -0.370 e. The van der Waals surface area contributed by atoms with Crippen LogP contribution in [-0.4, -0.2) is 20.6 Å². The van der Waals surface area contributed by atoms with Gasteiger partial charge in [-0.3, -0.25) is 0 Å². The molecule has 3 aromatic rings. The SMILES string of the molecule is CC(C)Cc1nc2sc3c(Cl)ncnc3c2c2c1COC(C)(C)C2. The highest BCUT2D eigenvalue weighted by Gasteiger charge is 2.31. The standard InChI is InChI=1S/C18H20ClN3OS/c1-9(2)5-12-11-7-23-18(3,4)6-10(11)13-14-15(24-17(13)22-12)16(19)21-8-20-14/h8-9H,5-7H2,1-4H3. The Labute approximate surface area is 150 Å². The Morgan fingerprint density at radius 3 is 2.83 bits per heavy atom. The molecule has 1 aliphatic heterocycles. The van der Waals surface area contributed by atoms with Crippen molar-refractivity contribution in [3.8, 4) is 0 Å². The summed E-state index contributed by atoms with van der Waals surface area (Å²) in [7, 11) is 0. The van der Waals surface area contributed by atoms with Gasteiger partial charge in [0.05, 0.1) is 22.4 Å². The summed E-state index contributed by atoms with van der Waals surface area (Å²) >= 11 is 7.89. The van der Waals surface area contributed by atoms with E-state index in [4.69, 9.17) is 21.3 Å². The van der Waals surface area contributed by atoms with Crippen molar-refractivity contribution in [2.75, 3.05) is 0 Å². The van der Waals surface area contributed by atoms with E-state index < -0.39 is 0 Å². The monoisotopic (exact) mass is 361 g/mol. The first kappa shape index (κ1) is 16.2. The second-order valence-corrected chi connectivity index (χ2v) is 8.82. The Balaban J connectivity index is 2.08. The molecule has 0 saturated carbocycles. The van der Waals surface area contributed by atoms with Gasteiger partial charge < -0.3 is 4.74 Å². The first-order valence-electron chi connectivity index (χ1n) is 8.23. The number of pyridine rings is 1. The van der Waals surface area contributed by atoms with Crippen molar-refractivity contribution in [2.24, 2.45) is 5.92 Å². The molecule has 0 aromatic carbocycles. The van der Waals surface area contributed by atoms with Gasteiger partial charge in [0, 0.05) is 23.1 Å². The fourth-order valence-electron chi connectivity index (χ4n) is 3.40. The third-order valence-corrected chi connectivity index (χ3v) is 5.95. The molecule has 0 amide bonds. The lowest BCUT2D eigenvalue weighted by Gasteiger charge is -2.33. The van der Waals surface area contributed by atoms with E-state index in [9.17, 15) is 0 Å². The molecule has 0 bridgehead atoms. The van der Waals surface area contributed by atoms with Crippen LogP contribution >= 0.6 is 22.9 Å². The smallest absolute Gasteiger partial charge is 0.150 e. The second kappa shape index (κ2) is 5.61. The van der Waals surface area contributed by atoms with Crippen molar-refractivity contribution in [2.45, 2.75) is 52.7 Å². The number of hydrogen-bond acceptors (Lipinski definition) is 5. The molecule has 0 spiro atoms. The van der Waals surface area contributed by atoms with Crippen molar-refractivity contribution >= 4 is 43.4 Å². The van der Waals surface area contributed by atoms with Crippen molar-refractivity contribution in [1.29, 1.82) is 0 Å². The maximum Gasteiger partial charge on any atom is 0.150 e. The molecule has 4 heterocycles. The lowest BCUT2D eigenvalue weighted by atomic mass is 9.88. The van der Waals surface area contributed by atoms with Crippen LogP contribution in [0.2, 0.25) is 5.15 Å². The van der Waals surface area contributed by atoms with Crippen LogP contribution in [0.3, 0.4) is 0 Å². The van der Waals surface area contributed by atoms with Crippen LogP contribution < -0.4 is 0 Å². The van der Waals surface area contributed by atoms with Crippen molar-refractivity contribution in [3.63, 3.8) is 0 Å². The predicted molar refractivity (Wildman–Crippen MR) is 98.8 cm³/mol. The Morgan fingerprint density at radius 2 is 2.08 bits per heavy atom. The summed E-state index contributed by atoms with van der Waals surface area (Å²) in [5.41, 5.74) is 4.46. The quantitative estimate of drug-likeness (QED) is 0.606. The van der Waals surface area contributed by atoms with Gasteiger partial charge in [0.25, 0.3) is 0 Å². The van der Waals surface area contributed by atoms with Crippen LogP contribution in [0.5, 0.6) is 0 Å². The molecular formula is C18H20ClN3OS. The predicted octanol–water partition coefficient (Wildman–Crippen LogP) is 4.94. The van der Waals surface area contributed by atoms with Gasteiger partial charge in [-0.05, 0) is 31.7 Å². The number of halogens is 1. The van der Waals surface area contributed by atoms with Gasteiger partial charge in [0.1, 0.15) is 16.3 Å². The number of thiophene rings is 1. The minimum atomic E-state index is -0.179. The highest BCUT2D eigenvalue weighted by molar-refractivity contribution is 7.26. The highest BCUT2D eigenvalue weighted by atomic mass is 35.5. The Morgan fingerprint density at radius 1 is 1.29 bits per heavy atom. The summed E-state index contributed by atoms with van der Waals surface area (Å²) in [5, 5.41) is 1.65. The van der Waals surface area contributed by atoms with E-state index in [0.717, 1.165) is 39.0 Å². The molecule has 0 atom stereocenters. The van der Waals surface area contributed by atoms with Crippen molar-refractivity contribution in [3.05, 3.63) is 28.3 Å². The number of rotatable bonds is 2. The van der Waals surface area contributed by atoms with Crippen LogP contribution in [0.4, 0.5) is 0 Å². The number of ether oxygens (including phenoxy) is 1. The lowest BCUT2D eigenvalue weighted by Crippen LogP contribution is -2.33. The zero-order valence-electron chi connectivity index (χ0n) is 14.3. The molecule has 0 radical (unpaired) electrons. The zero-order valence-corrected chi connectivity index (χ0v) is 15.9. The average Bonchev–Trinajstić information content (AvgIpc) is 2.85. The molecule has 3 aromatic heterocycles. The van der Waals surface area contributed by atoms with Gasteiger partial charge in [-0.15, -0.1) is 11.3 Å². The topological polar surface area (TPSA) is 47.9 Å². The fourth-order valence-corrected chi connectivity index (χ4v) is 4.71. The largest absolute Gasteiger partial charge is 0.370 e. The van der Waals surface area contributed by atoms with Crippen LogP contribution in [0.1, 0.15) is 44.5 Å². The van der Waals surface area contributed by atoms with Gasteiger partial charge in [0.15, 0.2) is 0 Å². The second-order valence-electron chi connectivity index (χ2n) is 7.46. The third-order valence-electron chi connectivity index (χ3n) is 4.47. The van der Waals surface area contributed by atoms with Crippen molar-refractivity contribution in [1.82, 2.24) is 15.0 Å². The number of nitrogens with zero attached hydrogens (tertiary/aromatic N) is 3. The number of aromatic nitrogens is 3. The minimum absolute atomic E-state index is 0.179. The molecule has 0 unspecified atom stereocenters. The number of hydrogen-bond donors (Lipinski definition) is 0. The molecule has 126 valence electrons. The third kappa shape index (κ3) is 2.59. The summed E-state index contributed by atoms with van der Waals surface area (Å²) in [5.74, 6) is 0.548. The van der Waals surface area contributed by atoms with E-state index in [-0.39, 0.29) is 5.60 Å². The van der Waals surface area contributed by atoms with Crippen LogP contribution in [0.25, 0.3) is 20.4 Å². The first-order valence-corrected chi connectivity index (χ1v) is 9.42. The molecule has 0 saturated heterocycles.